The molecule has 2 rings (SSSR count). The molecule has 0 bridgehead atoms. The second-order valence-corrected chi connectivity index (χ2v) is 4.78. The zero-order chi connectivity index (χ0) is 11.8. The molecule has 0 unspecified atom stereocenters. The summed E-state index contributed by atoms with van der Waals surface area (Å²) in [6.45, 7) is 0.339. The van der Waals surface area contributed by atoms with Gasteiger partial charge < -0.3 is 0 Å². The van der Waals surface area contributed by atoms with Crippen molar-refractivity contribution in [2.45, 2.75) is 11.4 Å². The van der Waals surface area contributed by atoms with Crippen LogP contribution in [0.3, 0.4) is 0 Å². The first-order valence-electron chi connectivity index (χ1n) is 4.35. The SMILES string of the molecule is Cn1ncnc1Cn1cc(S(N)(=O)=O)cn1. The van der Waals surface area contributed by atoms with Crippen molar-refractivity contribution in [2.24, 2.45) is 12.2 Å². The fourth-order valence-electron chi connectivity index (χ4n) is 1.19. The Morgan fingerprint density at radius 3 is 2.69 bits per heavy atom. The maximum Gasteiger partial charge on any atom is 0.241 e. The lowest BCUT2D eigenvalue weighted by Crippen LogP contribution is -2.11. The third kappa shape index (κ3) is 2.09. The van der Waals surface area contributed by atoms with Gasteiger partial charge in [0.1, 0.15) is 23.6 Å². The van der Waals surface area contributed by atoms with Crippen LogP contribution in [-0.2, 0) is 23.6 Å². The maximum atomic E-state index is 11.0. The van der Waals surface area contributed by atoms with Crippen molar-refractivity contribution in [3.05, 3.63) is 24.5 Å². The van der Waals surface area contributed by atoms with E-state index in [0.29, 0.717) is 12.4 Å². The minimum absolute atomic E-state index is 0.0188. The summed E-state index contributed by atoms with van der Waals surface area (Å²) in [4.78, 5) is 3.97. The fraction of sp³-hybridized carbons (Fsp3) is 0.286. The normalized spacial score (nSPS) is 11.9. The summed E-state index contributed by atoms with van der Waals surface area (Å²) in [5.41, 5.74) is 0. The van der Waals surface area contributed by atoms with Crippen LogP contribution in [0.2, 0.25) is 0 Å². The molecule has 2 aromatic heterocycles. The van der Waals surface area contributed by atoms with Gasteiger partial charge >= 0.3 is 0 Å². The number of nitrogens with two attached hydrogens (primary N) is 1. The molecule has 0 aromatic carbocycles. The number of aryl methyl sites for hydroxylation is 1. The first-order chi connectivity index (χ1) is 7.47. The van der Waals surface area contributed by atoms with E-state index < -0.39 is 10.0 Å². The fourth-order valence-corrected chi connectivity index (χ4v) is 1.65. The van der Waals surface area contributed by atoms with Crippen LogP contribution in [0.1, 0.15) is 5.82 Å². The first-order valence-corrected chi connectivity index (χ1v) is 5.89. The lowest BCUT2D eigenvalue weighted by Gasteiger charge is -1.99. The summed E-state index contributed by atoms with van der Waals surface area (Å²) in [5.74, 6) is 0.670. The van der Waals surface area contributed by atoms with E-state index in [1.54, 1.807) is 11.7 Å². The smallest absolute Gasteiger partial charge is 0.241 e. The molecular formula is C7H10N6O2S. The monoisotopic (exact) mass is 242 g/mol. The number of primary sulfonamides is 1. The van der Waals surface area contributed by atoms with Gasteiger partial charge in [0, 0.05) is 13.2 Å². The summed E-state index contributed by atoms with van der Waals surface area (Å²) < 4.78 is 25.0. The van der Waals surface area contributed by atoms with Crippen molar-refractivity contribution in [3.63, 3.8) is 0 Å². The number of aromatic nitrogens is 5. The molecule has 0 saturated heterocycles. The highest BCUT2D eigenvalue weighted by Gasteiger charge is 2.11. The van der Waals surface area contributed by atoms with Crippen LogP contribution in [0.15, 0.2) is 23.6 Å². The van der Waals surface area contributed by atoms with Crippen LogP contribution in [0, 0.1) is 0 Å². The molecule has 8 nitrogen and oxygen atoms in total. The van der Waals surface area contributed by atoms with E-state index in [0.717, 1.165) is 0 Å². The molecule has 9 heteroatoms. The van der Waals surface area contributed by atoms with E-state index in [-0.39, 0.29) is 4.90 Å². The molecule has 0 spiro atoms. The van der Waals surface area contributed by atoms with Crippen molar-refractivity contribution in [1.82, 2.24) is 24.5 Å². The molecule has 2 aromatic rings. The molecule has 0 atom stereocenters. The Balaban J connectivity index is 2.25. The average Bonchev–Trinajstić information content (AvgIpc) is 2.76. The van der Waals surface area contributed by atoms with Gasteiger partial charge in [0.15, 0.2) is 0 Å². The van der Waals surface area contributed by atoms with Crippen LogP contribution in [0.5, 0.6) is 0 Å². The highest BCUT2D eigenvalue weighted by atomic mass is 32.2. The van der Waals surface area contributed by atoms with Gasteiger partial charge in [0.2, 0.25) is 10.0 Å². The van der Waals surface area contributed by atoms with Crippen molar-refractivity contribution in [1.29, 1.82) is 0 Å². The van der Waals surface area contributed by atoms with Gasteiger partial charge in [0.25, 0.3) is 0 Å². The molecule has 0 fully saturated rings. The molecule has 2 heterocycles. The third-order valence-corrected chi connectivity index (χ3v) is 2.91. The third-order valence-electron chi connectivity index (χ3n) is 2.05. The van der Waals surface area contributed by atoms with Gasteiger partial charge in [-0.15, -0.1) is 0 Å². The van der Waals surface area contributed by atoms with Crippen LogP contribution in [0.4, 0.5) is 0 Å². The second-order valence-electron chi connectivity index (χ2n) is 3.22. The molecule has 0 aliphatic heterocycles. The van der Waals surface area contributed by atoms with Crippen molar-refractivity contribution in [2.75, 3.05) is 0 Å². The minimum Gasteiger partial charge on any atom is -0.264 e. The molecule has 0 aliphatic carbocycles. The molecule has 2 N–H and O–H groups in total. The first kappa shape index (κ1) is 10.8. The van der Waals surface area contributed by atoms with E-state index >= 15 is 0 Å². The lowest BCUT2D eigenvalue weighted by molar-refractivity contribution is 0.595. The molecule has 0 amide bonds. The largest absolute Gasteiger partial charge is 0.264 e. The molecule has 86 valence electrons. The van der Waals surface area contributed by atoms with Crippen molar-refractivity contribution < 1.29 is 8.42 Å². The Labute approximate surface area is 91.8 Å². The summed E-state index contributed by atoms with van der Waals surface area (Å²) in [5, 5.41) is 12.7. The minimum atomic E-state index is -3.70. The number of sulfonamides is 1. The van der Waals surface area contributed by atoms with Crippen molar-refractivity contribution in [3.8, 4) is 0 Å². The summed E-state index contributed by atoms with van der Waals surface area (Å²) in [6.07, 6.45) is 3.97. The second kappa shape index (κ2) is 3.68. The van der Waals surface area contributed by atoms with E-state index in [2.05, 4.69) is 15.2 Å². The van der Waals surface area contributed by atoms with E-state index in [1.807, 2.05) is 0 Å². The van der Waals surface area contributed by atoms with E-state index in [1.165, 1.54) is 23.4 Å². The molecule has 0 radical (unpaired) electrons. The van der Waals surface area contributed by atoms with Gasteiger partial charge in [0.05, 0.1) is 6.20 Å². The number of nitrogens with zero attached hydrogens (tertiary/aromatic N) is 5. The van der Waals surface area contributed by atoms with Crippen LogP contribution in [-0.4, -0.2) is 33.0 Å². The highest BCUT2D eigenvalue weighted by molar-refractivity contribution is 7.89. The predicted molar refractivity (Wildman–Crippen MR) is 53.7 cm³/mol. The van der Waals surface area contributed by atoms with Gasteiger partial charge in [-0.25, -0.2) is 18.5 Å². The predicted octanol–water partition coefficient (Wildman–Crippen LogP) is -1.29. The Kier molecular flexibility index (Phi) is 2.48. The van der Waals surface area contributed by atoms with Gasteiger partial charge in [-0.05, 0) is 0 Å². The van der Waals surface area contributed by atoms with Gasteiger partial charge in [-0.2, -0.15) is 10.2 Å². The van der Waals surface area contributed by atoms with E-state index in [4.69, 9.17) is 5.14 Å². The molecule has 0 saturated carbocycles. The highest BCUT2D eigenvalue weighted by Crippen LogP contribution is 2.05. The quantitative estimate of drug-likeness (QED) is 0.720. The Bertz CT molecular complexity index is 598. The van der Waals surface area contributed by atoms with Gasteiger partial charge in [-0.3, -0.25) is 9.36 Å². The van der Waals surface area contributed by atoms with Crippen LogP contribution in [0.25, 0.3) is 0 Å². The van der Waals surface area contributed by atoms with Crippen LogP contribution < -0.4 is 5.14 Å². The standard InChI is InChI=1S/C7H10N6O2S/c1-12-7(9-5-11-12)4-13-3-6(2-10-13)16(8,14)15/h2-3,5H,4H2,1H3,(H2,8,14,15). The maximum absolute atomic E-state index is 11.0. The number of rotatable bonds is 3. The zero-order valence-corrected chi connectivity index (χ0v) is 9.29. The summed E-state index contributed by atoms with van der Waals surface area (Å²) in [6, 6.07) is 0. The number of hydrogen-bond donors (Lipinski definition) is 1. The molecular weight excluding hydrogens is 232 g/mol. The topological polar surface area (TPSA) is 109 Å². The van der Waals surface area contributed by atoms with Crippen LogP contribution >= 0.6 is 0 Å². The van der Waals surface area contributed by atoms with Gasteiger partial charge in [-0.1, -0.05) is 0 Å². The summed E-state index contributed by atoms with van der Waals surface area (Å²) in [7, 11) is -1.95. The van der Waals surface area contributed by atoms with E-state index in [9.17, 15) is 8.42 Å². The number of hydrogen-bond acceptors (Lipinski definition) is 5. The Hall–Kier alpha value is -1.74. The molecule has 0 aliphatic rings. The molecule has 16 heavy (non-hydrogen) atoms. The Morgan fingerprint density at radius 1 is 1.44 bits per heavy atom. The summed E-state index contributed by atoms with van der Waals surface area (Å²) >= 11 is 0. The average molecular weight is 242 g/mol. The lowest BCUT2D eigenvalue weighted by atomic mass is 10.6. The van der Waals surface area contributed by atoms with Crippen molar-refractivity contribution >= 4 is 10.0 Å². The Morgan fingerprint density at radius 2 is 2.19 bits per heavy atom. The zero-order valence-electron chi connectivity index (χ0n) is 8.48.